The van der Waals surface area contributed by atoms with Crippen LogP contribution in [0.5, 0.6) is 0 Å². The lowest BCUT2D eigenvalue weighted by molar-refractivity contribution is -0.142. The number of benzene rings is 1. The van der Waals surface area contributed by atoms with E-state index in [1.54, 1.807) is 11.4 Å². The minimum atomic E-state index is -4.62. The quantitative estimate of drug-likeness (QED) is 0.644. The topological polar surface area (TPSA) is 121 Å². The predicted molar refractivity (Wildman–Crippen MR) is 66.3 cm³/mol. The maximum Gasteiger partial charge on any atom is 0.327 e. The average Bonchev–Trinajstić information content (AvgIpc) is 2.36. The largest absolute Gasteiger partial charge is 0.480 e. The van der Waals surface area contributed by atoms with Crippen molar-refractivity contribution in [2.75, 3.05) is 5.75 Å². The summed E-state index contributed by atoms with van der Waals surface area (Å²) in [6.07, 6.45) is -2.14. The van der Waals surface area contributed by atoms with Gasteiger partial charge in [0, 0.05) is 0 Å². The summed E-state index contributed by atoms with van der Waals surface area (Å²) in [5.74, 6) is -4.24. The second-order valence-electron chi connectivity index (χ2n) is 3.92. The number of rotatable bonds is 6. The van der Waals surface area contributed by atoms with E-state index in [0.717, 1.165) is 0 Å². The number of halogens is 1. The fourth-order valence-electron chi connectivity index (χ4n) is 1.40. The van der Waals surface area contributed by atoms with Gasteiger partial charge in [-0.2, -0.15) is 8.42 Å². The van der Waals surface area contributed by atoms with Gasteiger partial charge >= 0.3 is 5.97 Å². The second-order valence-corrected chi connectivity index (χ2v) is 5.42. The van der Waals surface area contributed by atoms with Crippen molar-refractivity contribution in [3.63, 3.8) is 0 Å². The van der Waals surface area contributed by atoms with Crippen molar-refractivity contribution in [3.8, 4) is 0 Å². The summed E-state index contributed by atoms with van der Waals surface area (Å²) in [6, 6.07) is 5.29. The van der Waals surface area contributed by atoms with Crippen molar-refractivity contribution < 1.29 is 32.1 Å². The molecule has 0 aliphatic heterocycles. The molecule has 0 aromatic heterocycles. The molecule has 0 aliphatic carbocycles. The predicted octanol–water partition coefficient (Wildman–Crippen LogP) is 0.154. The molecule has 9 heteroatoms. The summed E-state index contributed by atoms with van der Waals surface area (Å²) in [5.41, 5.74) is 0.000921. The van der Waals surface area contributed by atoms with Crippen LogP contribution in [0.15, 0.2) is 30.3 Å². The number of amides is 1. The minimum Gasteiger partial charge on any atom is -0.480 e. The Morgan fingerprint density at radius 3 is 2.25 bits per heavy atom. The lowest BCUT2D eigenvalue weighted by atomic mass is 10.1. The first-order valence-electron chi connectivity index (χ1n) is 5.38. The fraction of sp³-hybridized carbons (Fsp3) is 0.273. The Labute approximate surface area is 114 Å². The average molecular weight is 305 g/mol. The van der Waals surface area contributed by atoms with E-state index in [1.807, 2.05) is 0 Å². The fourth-order valence-corrected chi connectivity index (χ4v) is 2.05. The molecule has 0 heterocycles. The van der Waals surface area contributed by atoms with Crippen LogP contribution in [-0.2, 0) is 19.7 Å². The van der Waals surface area contributed by atoms with Gasteiger partial charge in [-0.1, -0.05) is 30.3 Å². The molecule has 0 saturated heterocycles. The molecule has 1 aromatic rings. The molecule has 20 heavy (non-hydrogen) atoms. The summed E-state index contributed by atoms with van der Waals surface area (Å²) < 4.78 is 43.6. The molecule has 1 amide bonds. The molecule has 0 aliphatic rings. The van der Waals surface area contributed by atoms with Gasteiger partial charge < -0.3 is 10.4 Å². The van der Waals surface area contributed by atoms with E-state index in [1.165, 1.54) is 24.3 Å². The van der Waals surface area contributed by atoms with Crippen LogP contribution in [0, 0.1) is 0 Å². The summed E-state index contributed by atoms with van der Waals surface area (Å²) in [5, 5.41) is 10.4. The van der Waals surface area contributed by atoms with E-state index in [9.17, 15) is 22.4 Å². The number of aliphatic carboxylic acids is 1. The van der Waals surface area contributed by atoms with Gasteiger partial charge in [-0.15, -0.1) is 0 Å². The molecule has 0 spiro atoms. The third-order valence-corrected chi connectivity index (χ3v) is 3.07. The van der Waals surface area contributed by atoms with Crippen molar-refractivity contribution in [1.29, 1.82) is 0 Å². The van der Waals surface area contributed by atoms with Gasteiger partial charge in [-0.25, -0.2) is 9.18 Å². The molecule has 2 atom stereocenters. The van der Waals surface area contributed by atoms with E-state index in [4.69, 9.17) is 9.66 Å². The molecular weight excluding hydrogens is 293 g/mol. The Hall–Kier alpha value is -2.00. The first-order chi connectivity index (χ1) is 9.20. The Kier molecular flexibility index (Phi) is 5.17. The van der Waals surface area contributed by atoms with Gasteiger partial charge in [-0.3, -0.25) is 9.35 Å². The highest BCUT2D eigenvalue weighted by atomic mass is 32.2. The normalized spacial score (nSPS) is 14.3. The van der Waals surface area contributed by atoms with Gasteiger partial charge in [0.1, 0.15) is 11.8 Å². The maximum atomic E-state index is 13.8. The Bertz CT molecular complexity index is 588. The van der Waals surface area contributed by atoms with Crippen LogP contribution < -0.4 is 5.32 Å². The maximum absolute atomic E-state index is 13.8. The van der Waals surface area contributed by atoms with Crippen molar-refractivity contribution in [3.05, 3.63) is 35.9 Å². The van der Waals surface area contributed by atoms with Crippen LogP contribution in [-0.4, -0.2) is 41.7 Å². The highest BCUT2D eigenvalue weighted by Gasteiger charge is 2.29. The first kappa shape index (κ1) is 16.1. The molecule has 3 N–H and O–H groups in total. The summed E-state index contributed by atoms with van der Waals surface area (Å²) in [7, 11) is -4.62. The zero-order valence-corrected chi connectivity index (χ0v) is 10.9. The third kappa shape index (κ3) is 4.94. The number of alkyl halides is 1. The summed E-state index contributed by atoms with van der Waals surface area (Å²) in [4.78, 5) is 22.3. The SMILES string of the molecule is O=C(O)C(CS(=O)(=O)O)NC(=O)C(F)c1ccccc1. The van der Waals surface area contributed by atoms with Crippen LogP contribution in [0.1, 0.15) is 11.7 Å². The molecule has 1 aromatic carbocycles. The molecule has 110 valence electrons. The number of carboxylic acids is 1. The summed E-state index contributed by atoms with van der Waals surface area (Å²) >= 11 is 0. The van der Waals surface area contributed by atoms with Crippen LogP contribution >= 0.6 is 0 Å². The lowest BCUT2D eigenvalue weighted by Crippen LogP contribution is -2.46. The zero-order valence-electron chi connectivity index (χ0n) is 10.1. The molecule has 0 saturated carbocycles. The third-order valence-electron chi connectivity index (χ3n) is 2.31. The minimum absolute atomic E-state index is 0.000921. The highest BCUT2D eigenvalue weighted by molar-refractivity contribution is 7.85. The van der Waals surface area contributed by atoms with Crippen molar-refractivity contribution in [1.82, 2.24) is 5.32 Å². The molecule has 0 bridgehead atoms. The number of carbonyl (C=O) groups excluding carboxylic acids is 1. The van der Waals surface area contributed by atoms with Gasteiger partial charge in [-0.05, 0) is 5.56 Å². The summed E-state index contributed by atoms with van der Waals surface area (Å²) in [6.45, 7) is 0. The van der Waals surface area contributed by atoms with Crippen LogP contribution in [0.3, 0.4) is 0 Å². The first-order valence-corrected chi connectivity index (χ1v) is 6.99. The molecular formula is C11H12FNO6S. The van der Waals surface area contributed by atoms with E-state index < -0.39 is 40.0 Å². The van der Waals surface area contributed by atoms with Crippen molar-refractivity contribution in [2.45, 2.75) is 12.2 Å². The van der Waals surface area contributed by atoms with Gasteiger partial charge in [0.15, 0.2) is 0 Å². The number of carboxylic acid groups (broad SMARTS) is 1. The van der Waals surface area contributed by atoms with E-state index in [-0.39, 0.29) is 5.56 Å². The monoisotopic (exact) mass is 305 g/mol. The smallest absolute Gasteiger partial charge is 0.327 e. The van der Waals surface area contributed by atoms with E-state index in [0.29, 0.717) is 0 Å². The van der Waals surface area contributed by atoms with Crippen molar-refractivity contribution in [2.24, 2.45) is 0 Å². The van der Waals surface area contributed by atoms with Gasteiger partial charge in [0.05, 0.1) is 0 Å². The molecule has 1 rings (SSSR count). The second kappa shape index (κ2) is 6.44. The zero-order chi connectivity index (χ0) is 15.3. The highest BCUT2D eigenvalue weighted by Crippen LogP contribution is 2.17. The lowest BCUT2D eigenvalue weighted by Gasteiger charge is -2.15. The van der Waals surface area contributed by atoms with Crippen LogP contribution in [0.4, 0.5) is 4.39 Å². The van der Waals surface area contributed by atoms with Crippen LogP contribution in [0.25, 0.3) is 0 Å². The number of nitrogens with one attached hydrogen (secondary N) is 1. The van der Waals surface area contributed by atoms with Crippen molar-refractivity contribution >= 4 is 22.0 Å². The standard InChI is InChI=1S/C11H12FNO6S/c12-9(7-4-2-1-3-5-7)10(14)13-8(11(15)16)6-20(17,18)19/h1-5,8-9H,6H2,(H,13,14)(H,15,16)(H,17,18,19). The molecule has 2 unspecified atom stereocenters. The molecule has 0 radical (unpaired) electrons. The number of hydrogen-bond donors (Lipinski definition) is 3. The number of carbonyl (C=O) groups is 2. The Balaban J connectivity index is 2.79. The Morgan fingerprint density at radius 1 is 1.25 bits per heavy atom. The van der Waals surface area contributed by atoms with E-state index >= 15 is 0 Å². The van der Waals surface area contributed by atoms with Gasteiger partial charge in [0.2, 0.25) is 6.17 Å². The number of hydrogen-bond acceptors (Lipinski definition) is 4. The van der Waals surface area contributed by atoms with E-state index in [2.05, 4.69) is 0 Å². The van der Waals surface area contributed by atoms with Gasteiger partial charge in [0.25, 0.3) is 16.0 Å². The Morgan fingerprint density at radius 2 is 1.80 bits per heavy atom. The molecule has 7 nitrogen and oxygen atoms in total. The van der Waals surface area contributed by atoms with Crippen LogP contribution in [0.2, 0.25) is 0 Å². The molecule has 0 fully saturated rings.